The Kier molecular flexibility index (Phi) is 8.24. The molecule has 0 bridgehead atoms. The van der Waals surface area contributed by atoms with Gasteiger partial charge >= 0.3 is 5.97 Å². The van der Waals surface area contributed by atoms with E-state index in [-0.39, 0.29) is 11.7 Å². The third-order valence-electron chi connectivity index (χ3n) is 7.23. The molecule has 0 saturated carbocycles. The van der Waals surface area contributed by atoms with Crippen molar-refractivity contribution in [3.63, 3.8) is 0 Å². The van der Waals surface area contributed by atoms with E-state index in [1.807, 2.05) is 42.5 Å². The monoisotopic (exact) mass is 585 g/mol. The number of carboxylic acids is 1. The first-order chi connectivity index (χ1) is 20.1. The first-order valence-corrected chi connectivity index (χ1v) is 15.4. The van der Waals surface area contributed by atoms with E-state index in [1.165, 1.54) is 22.5 Å². The van der Waals surface area contributed by atoms with Crippen LogP contribution in [0.15, 0.2) is 66.7 Å². The molecule has 0 fully saturated rings. The number of hydrogen-bond acceptors (Lipinski definition) is 9. The molecule has 2 heterocycles. The van der Waals surface area contributed by atoms with Gasteiger partial charge < -0.3 is 15.6 Å². The molecule has 5 aromatic rings. The molecular formula is C31H31N5O3S2. The van der Waals surface area contributed by atoms with E-state index in [0.29, 0.717) is 26.0 Å². The highest BCUT2D eigenvalue weighted by Crippen LogP contribution is 2.36. The number of nitrogens with zero attached hydrogens (tertiary/aromatic N) is 2. The Morgan fingerprint density at radius 3 is 2.73 bits per heavy atom. The molecular weight excluding hydrogens is 555 g/mol. The van der Waals surface area contributed by atoms with Crippen LogP contribution >= 0.6 is 22.7 Å². The number of para-hydroxylation sites is 1. The van der Waals surface area contributed by atoms with Crippen molar-refractivity contribution in [3.05, 3.63) is 94.0 Å². The van der Waals surface area contributed by atoms with Crippen molar-refractivity contribution in [1.29, 1.82) is 0 Å². The number of thiazole rings is 2. The fourth-order valence-corrected chi connectivity index (χ4v) is 7.03. The predicted octanol–water partition coefficient (Wildman–Crippen LogP) is 6.58. The van der Waals surface area contributed by atoms with E-state index in [4.69, 9.17) is 10.5 Å². The lowest BCUT2D eigenvalue weighted by Gasteiger charge is -2.27. The van der Waals surface area contributed by atoms with Gasteiger partial charge in [-0.1, -0.05) is 47.7 Å². The highest BCUT2D eigenvalue weighted by molar-refractivity contribution is 7.22. The molecule has 1 unspecified atom stereocenters. The van der Waals surface area contributed by atoms with Gasteiger partial charge in [-0.05, 0) is 79.1 Å². The molecule has 1 atom stereocenters. The molecule has 6 rings (SSSR count). The number of anilines is 1. The van der Waals surface area contributed by atoms with Crippen LogP contribution in [0.4, 0.5) is 5.13 Å². The topological polar surface area (TPSA) is 122 Å². The normalized spacial score (nSPS) is 14.6. The molecule has 41 heavy (non-hydrogen) atoms. The summed E-state index contributed by atoms with van der Waals surface area (Å²) in [5, 5.41) is 11.4. The number of hydrazine groups is 1. The van der Waals surface area contributed by atoms with Gasteiger partial charge in [0.15, 0.2) is 10.8 Å². The number of carbonyl (C=O) groups is 1. The smallest absolute Gasteiger partial charge is 0.355 e. The Morgan fingerprint density at radius 1 is 1.07 bits per heavy atom. The van der Waals surface area contributed by atoms with E-state index in [9.17, 15) is 9.90 Å². The molecule has 0 saturated heterocycles. The average Bonchev–Trinajstić information content (AvgIpc) is 3.63. The number of ether oxygens (including phenoxy) is 1. The third kappa shape index (κ3) is 6.25. The molecule has 1 aliphatic carbocycles. The lowest BCUT2D eigenvalue weighted by Crippen LogP contribution is -2.30. The second kappa shape index (κ2) is 12.4. The summed E-state index contributed by atoms with van der Waals surface area (Å²) in [6.07, 6.45) is 4.38. The SMILES string of the molecule is NCc1ccc(OCCCc2sc(-c3ccc4c(c3)C(NNc3nc5ccccc5s3)CCC4)nc2C(=O)O)cc1. The number of aryl methyl sites for hydroxylation is 2. The number of carboxylic acid groups (broad SMARTS) is 1. The number of fused-ring (bicyclic) bond motifs is 2. The minimum atomic E-state index is -1.00. The van der Waals surface area contributed by atoms with Gasteiger partial charge in [0.25, 0.3) is 0 Å². The molecule has 10 heteroatoms. The number of nitrogens with two attached hydrogens (primary N) is 1. The second-order valence-corrected chi connectivity index (χ2v) is 12.1. The first kappa shape index (κ1) is 27.3. The van der Waals surface area contributed by atoms with Gasteiger partial charge in [-0.3, -0.25) is 5.43 Å². The molecule has 3 aromatic carbocycles. The molecule has 210 valence electrons. The van der Waals surface area contributed by atoms with Crippen LogP contribution in [0.3, 0.4) is 0 Å². The lowest BCUT2D eigenvalue weighted by atomic mass is 9.87. The zero-order valence-corrected chi connectivity index (χ0v) is 24.1. The summed E-state index contributed by atoms with van der Waals surface area (Å²) in [6.45, 7) is 0.983. The third-order valence-corrected chi connectivity index (χ3v) is 9.35. The van der Waals surface area contributed by atoms with E-state index >= 15 is 0 Å². The average molecular weight is 586 g/mol. The predicted molar refractivity (Wildman–Crippen MR) is 165 cm³/mol. The molecule has 1 aliphatic rings. The van der Waals surface area contributed by atoms with Crippen LogP contribution in [-0.4, -0.2) is 27.7 Å². The molecule has 2 aromatic heterocycles. The molecule has 0 amide bonds. The van der Waals surface area contributed by atoms with Crippen LogP contribution in [0.25, 0.3) is 20.8 Å². The fourth-order valence-electron chi connectivity index (χ4n) is 5.11. The number of nitrogens with one attached hydrogen (secondary N) is 2. The van der Waals surface area contributed by atoms with Gasteiger partial charge in [0.1, 0.15) is 10.8 Å². The Labute approximate surface area is 246 Å². The number of aromatic carboxylic acids is 1. The number of aromatic nitrogens is 2. The maximum absolute atomic E-state index is 12.0. The van der Waals surface area contributed by atoms with Crippen molar-refractivity contribution >= 4 is 44.0 Å². The summed E-state index contributed by atoms with van der Waals surface area (Å²) >= 11 is 3.07. The van der Waals surface area contributed by atoms with Crippen molar-refractivity contribution in [1.82, 2.24) is 15.4 Å². The molecule has 0 spiro atoms. The van der Waals surface area contributed by atoms with Gasteiger partial charge in [-0.2, -0.15) is 0 Å². The Bertz CT molecular complexity index is 1630. The standard InChI is InChI=1S/C31H31N5O3S2/c32-18-19-10-14-22(15-11-19)39-16-4-9-27-28(30(37)38)34-29(40-27)21-13-12-20-5-3-7-24(23(20)17-21)35-36-31-33-25-6-1-2-8-26(25)41-31/h1-2,6,8,10-15,17,24,35H,3-5,7,9,16,18,32H2,(H,33,36)(H,37,38). The number of benzene rings is 3. The minimum Gasteiger partial charge on any atom is -0.494 e. The first-order valence-electron chi connectivity index (χ1n) is 13.7. The van der Waals surface area contributed by atoms with Crippen molar-refractivity contribution in [2.24, 2.45) is 5.73 Å². The van der Waals surface area contributed by atoms with Crippen LogP contribution in [0, 0.1) is 0 Å². The van der Waals surface area contributed by atoms with Gasteiger partial charge in [0, 0.05) is 17.0 Å². The zero-order valence-electron chi connectivity index (χ0n) is 22.4. The second-order valence-electron chi connectivity index (χ2n) is 10.0. The van der Waals surface area contributed by atoms with Crippen LogP contribution in [0.1, 0.15) is 57.4 Å². The molecule has 5 N–H and O–H groups in total. The Hall–Kier alpha value is -3.83. The van der Waals surface area contributed by atoms with Crippen molar-refractivity contribution < 1.29 is 14.6 Å². The number of rotatable bonds is 11. The van der Waals surface area contributed by atoms with Crippen LogP contribution in [-0.2, 0) is 19.4 Å². The fraction of sp³-hybridized carbons (Fsp3) is 0.258. The summed E-state index contributed by atoms with van der Waals surface area (Å²) < 4.78 is 6.99. The summed E-state index contributed by atoms with van der Waals surface area (Å²) in [6, 6.07) is 22.3. The minimum absolute atomic E-state index is 0.111. The van der Waals surface area contributed by atoms with Crippen molar-refractivity contribution in [2.75, 3.05) is 12.0 Å². The van der Waals surface area contributed by atoms with E-state index in [2.05, 4.69) is 45.1 Å². The summed E-state index contributed by atoms with van der Waals surface area (Å²) in [5.41, 5.74) is 18.1. The van der Waals surface area contributed by atoms with E-state index in [1.54, 1.807) is 11.3 Å². The maximum Gasteiger partial charge on any atom is 0.355 e. The Morgan fingerprint density at radius 2 is 1.93 bits per heavy atom. The summed E-state index contributed by atoms with van der Waals surface area (Å²) in [4.78, 5) is 22.0. The summed E-state index contributed by atoms with van der Waals surface area (Å²) in [5.74, 6) is -0.223. The zero-order chi connectivity index (χ0) is 28.2. The van der Waals surface area contributed by atoms with Gasteiger partial charge in [0.05, 0.1) is 22.9 Å². The quantitative estimate of drug-likeness (QED) is 0.101. The Balaban J connectivity index is 1.14. The van der Waals surface area contributed by atoms with Crippen LogP contribution in [0.2, 0.25) is 0 Å². The largest absolute Gasteiger partial charge is 0.494 e. The molecule has 0 aliphatic heterocycles. The number of hydrogen-bond donors (Lipinski definition) is 4. The van der Waals surface area contributed by atoms with E-state index < -0.39 is 5.97 Å². The van der Waals surface area contributed by atoms with Crippen molar-refractivity contribution in [3.8, 4) is 16.3 Å². The maximum atomic E-state index is 12.0. The van der Waals surface area contributed by atoms with Gasteiger partial charge in [-0.25, -0.2) is 20.2 Å². The van der Waals surface area contributed by atoms with Gasteiger partial charge in [0.2, 0.25) is 0 Å². The van der Waals surface area contributed by atoms with Crippen LogP contribution < -0.4 is 21.3 Å². The van der Waals surface area contributed by atoms with Crippen LogP contribution in [0.5, 0.6) is 5.75 Å². The van der Waals surface area contributed by atoms with Gasteiger partial charge in [-0.15, -0.1) is 11.3 Å². The highest BCUT2D eigenvalue weighted by Gasteiger charge is 2.23. The highest BCUT2D eigenvalue weighted by atomic mass is 32.1. The van der Waals surface area contributed by atoms with Crippen molar-refractivity contribution in [2.45, 2.75) is 44.7 Å². The molecule has 0 radical (unpaired) electrons. The molecule has 8 nitrogen and oxygen atoms in total. The summed E-state index contributed by atoms with van der Waals surface area (Å²) in [7, 11) is 0. The lowest BCUT2D eigenvalue weighted by molar-refractivity contribution is 0.0690. The van der Waals surface area contributed by atoms with E-state index in [0.717, 1.165) is 61.4 Å².